The van der Waals surface area contributed by atoms with Crippen molar-refractivity contribution in [2.45, 2.75) is 0 Å². The van der Waals surface area contributed by atoms with Crippen LogP contribution in [-0.2, 0) is 16.8 Å². The summed E-state index contributed by atoms with van der Waals surface area (Å²) in [7, 11) is 0. The zero-order valence-electron chi connectivity index (χ0n) is 8.78. The fourth-order valence-corrected chi connectivity index (χ4v) is 1.38. The first kappa shape index (κ1) is 15.0. The first-order chi connectivity index (χ1) is 8.15. The Morgan fingerprint density at radius 2 is 0.778 bits per heavy atom. The number of nitriles is 5. The van der Waals surface area contributed by atoms with Crippen molar-refractivity contribution in [3.05, 3.63) is 40.3 Å². The Bertz CT molecular complexity index is 661. The molecule has 0 bridgehead atoms. The molecule has 0 atom stereocenters. The molecule has 0 aliphatic carbocycles. The third-order valence-electron chi connectivity index (χ3n) is 2.16. The van der Waals surface area contributed by atoms with E-state index in [2.05, 4.69) is 6.92 Å². The van der Waals surface area contributed by atoms with Crippen molar-refractivity contribution in [2.24, 2.45) is 0 Å². The molecule has 1 radical (unpaired) electrons. The van der Waals surface area contributed by atoms with Crippen LogP contribution in [0.2, 0.25) is 0 Å². The second-order valence-corrected chi connectivity index (χ2v) is 2.91. The number of hydrogen-bond donors (Lipinski definition) is 0. The molecule has 0 aliphatic heterocycles. The minimum absolute atomic E-state index is 0. The van der Waals surface area contributed by atoms with Crippen molar-refractivity contribution in [1.82, 2.24) is 0 Å². The molecule has 1 aromatic carbocycles. The molecule has 0 aliphatic rings. The Balaban J connectivity index is 0.00000289. The summed E-state index contributed by atoms with van der Waals surface area (Å²) < 4.78 is 0. The maximum absolute atomic E-state index is 8.90. The summed E-state index contributed by atoms with van der Waals surface area (Å²) in [6, 6.07) is 8.48. The van der Waals surface area contributed by atoms with E-state index in [-0.39, 0.29) is 50.2 Å². The summed E-state index contributed by atoms with van der Waals surface area (Å²) in [6.07, 6.45) is 0. The van der Waals surface area contributed by atoms with E-state index in [0.717, 1.165) is 0 Å². The van der Waals surface area contributed by atoms with Crippen LogP contribution in [0.5, 0.6) is 0 Å². The normalized spacial score (nSPS) is 7.50. The van der Waals surface area contributed by atoms with Crippen molar-refractivity contribution >= 4 is 0 Å². The van der Waals surface area contributed by atoms with Crippen LogP contribution in [0.15, 0.2) is 0 Å². The van der Waals surface area contributed by atoms with Crippen molar-refractivity contribution in [3.8, 4) is 30.3 Å². The van der Waals surface area contributed by atoms with E-state index in [0.29, 0.717) is 0 Å². The van der Waals surface area contributed by atoms with Crippen LogP contribution in [0.25, 0.3) is 0 Å². The van der Waals surface area contributed by atoms with Crippen molar-refractivity contribution < 1.29 is 16.8 Å². The minimum atomic E-state index is -0.254. The number of nitrogens with zero attached hydrogens (tertiary/aromatic N) is 5. The van der Waals surface area contributed by atoms with Gasteiger partial charge >= 0.3 is 0 Å². The molecule has 0 aromatic heterocycles. The van der Waals surface area contributed by atoms with Crippen LogP contribution < -0.4 is 0 Å². The van der Waals surface area contributed by atoms with Gasteiger partial charge in [-0.25, -0.2) is 10.5 Å². The number of rotatable bonds is 0. The van der Waals surface area contributed by atoms with Gasteiger partial charge in [0.2, 0.25) is 0 Å². The molecule has 0 unspecified atom stereocenters. The number of benzene rings is 1. The van der Waals surface area contributed by atoms with Gasteiger partial charge in [0.25, 0.3) is 0 Å². The quantitative estimate of drug-likeness (QED) is 0.659. The molecule has 0 fully saturated rings. The molecule has 0 amide bonds. The maximum Gasteiger partial charge on any atom is 0.0997 e. The van der Waals surface area contributed by atoms with Gasteiger partial charge in [-0.05, 0) is 11.1 Å². The van der Waals surface area contributed by atoms with Gasteiger partial charge in [0.05, 0.1) is 23.8 Å². The first-order valence-corrected chi connectivity index (χ1v) is 4.22. The average molecular weight is 275 g/mol. The van der Waals surface area contributed by atoms with Gasteiger partial charge in [0.1, 0.15) is 0 Å². The first-order valence-electron chi connectivity index (χ1n) is 4.22. The van der Waals surface area contributed by atoms with E-state index >= 15 is 0 Å². The molecule has 0 saturated heterocycles. The average Bonchev–Trinajstić information content (AvgIpc) is 2.36. The molecular formula is C12H2CoN5-. The summed E-state index contributed by atoms with van der Waals surface area (Å²) >= 11 is 0. The maximum atomic E-state index is 8.90. The Morgan fingerprint density at radius 3 is 1.00 bits per heavy atom. The molecular weight excluding hydrogens is 273 g/mol. The van der Waals surface area contributed by atoms with Gasteiger partial charge in [-0.2, -0.15) is 28.3 Å². The van der Waals surface area contributed by atoms with E-state index in [1.54, 1.807) is 30.3 Å². The summed E-state index contributed by atoms with van der Waals surface area (Å²) in [6.45, 7) is 3.50. The van der Waals surface area contributed by atoms with Crippen LogP contribution in [0, 0.1) is 63.6 Å². The Labute approximate surface area is 114 Å². The zero-order chi connectivity index (χ0) is 13.0. The molecule has 5 nitrogen and oxygen atoms in total. The molecule has 1 rings (SSSR count). The molecule has 6 heteroatoms. The van der Waals surface area contributed by atoms with E-state index in [1.807, 2.05) is 0 Å². The van der Waals surface area contributed by atoms with Crippen LogP contribution in [-0.4, -0.2) is 0 Å². The third-order valence-corrected chi connectivity index (χ3v) is 2.16. The predicted molar refractivity (Wildman–Crippen MR) is 54.5 cm³/mol. The van der Waals surface area contributed by atoms with Gasteiger partial charge < -0.3 is 0 Å². The standard InChI is InChI=1S/C12H2N5.Co/c1-7-8(2-13)10(4-15)12(6-17)11(5-16)9(7)3-14;/h1H2;/q-1;. The smallest absolute Gasteiger partial charge is 0.0997 e. The topological polar surface area (TPSA) is 119 Å². The fourth-order valence-electron chi connectivity index (χ4n) is 1.38. The van der Waals surface area contributed by atoms with Crippen LogP contribution >= 0.6 is 0 Å². The van der Waals surface area contributed by atoms with E-state index in [4.69, 9.17) is 26.3 Å². The number of hydrogen-bond acceptors (Lipinski definition) is 5. The fraction of sp³-hybridized carbons (Fsp3) is 0. The Morgan fingerprint density at radius 1 is 0.556 bits per heavy atom. The largest absolute Gasteiger partial charge is 0.208 e. The third kappa shape index (κ3) is 1.96. The monoisotopic (exact) mass is 275 g/mol. The summed E-state index contributed by atoms with van der Waals surface area (Å²) in [5, 5.41) is 44.5. The minimum Gasteiger partial charge on any atom is -0.208 e. The van der Waals surface area contributed by atoms with Gasteiger partial charge in [-0.15, -0.1) is 0 Å². The molecule has 0 spiro atoms. The molecule has 18 heavy (non-hydrogen) atoms. The molecule has 0 heterocycles. The zero-order valence-corrected chi connectivity index (χ0v) is 9.82. The van der Waals surface area contributed by atoms with Gasteiger partial charge in [0, 0.05) is 40.0 Å². The Hall–Kier alpha value is -2.95. The van der Waals surface area contributed by atoms with E-state index in [1.165, 1.54) is 0 Å². The summed E-state index contributed by atoms with van der Waals surface area (Å²) in [4.78, 5) is 0. The molecule has 1 aromatic rings. The second kappa shape index (κ2) is 5.95. The molecule has 0 N–H and O–H groups in total. The summed E-state index contributed by atoms with van der Waals surface area (Å²) in [5.41, 5.74) is -0.956. The van der Waals surface area contributed by atoms with E-state index < -0.39 is 0 Å². The van der Waals surface area contributed by atoms with E-state index in [9.17, 15) is 0 Å². The SMILES string of the molecule is [CH2-]c1c(C#N)c(C#N)c(C#N)c(C#N)c1C#N.[Co]. The van der Waals surface area contributed by atoms with Gasteiger partial charge in [-0.1, -0.05) is 0 Å². The van der Waals surface area contributed by atoms with Crippen LogP contribution in [0.3, 0.4) is 0 Å². The van der Waals surface area contributed by atoms with Crippen LogP contribution in [0.1, 0.15) is 33.4 Å². The van der Waals surface area contributed by atoms with Gasteiger partial charge in [0.15, 0.2) is 0 Å². The molecule has 0 saturated carbocycles. The Kier molecular flexibility index (Phi) is 4.97. The molecule has 85 valence electrons. The van der Waals surface area contributed by atoms with Crippen molar-refractivity contribution in [2.75, 3.05) is 0 Å². The van der Waals surface area contributed by atoms with Crippen molar-refractivity contribution in [1.29, 1.82) is 26.3 Å². The summed E-state index contributed by atoms with van der Waals surface area (Å²) in [5.74, 6) is 0. The van der Waals surface area contributed by atoms with Gasteiger partial charge in [-0.3, -0.25) is 0 Å². The second-order valence-electron chi connectivity index (χ2n) is 2.91. The van der Waals surface area contributed by atoms with Crippen molar-refractivity contribution in [3.63, 3.8) is 0 Å². The van der Waals surface area contributed by atoms with Crippen LogP contribution in [0.4, 0.5) is 0 Å². The predicted octanol–water partition coefficient (Wildman–Crippen LogP) is 1.22.